The van der Waals surface area contributed by atoms with Gasteiger partial charge in [-0.15, -0.1) is 11.3 Å². The summed E-state index contributed by atoms with van der Waals surface area (Å²) in [4.78, 5) is 12.1. The molecule has 5 heteroatoms. The maximum atomic E-state index is 12.1. The minimum absolute atomic E-state index is 0.135. The van der Waals surface area contributed by atoms with Crippen molar-refractivity contribution in [3.05, 3.63) is 50.1 Å². The summed E-state index contributed by atoms with van der Waals surface area (Å²) >= 11 is 4.81. The summed E-state index contributed by atoms with van der Waals surface area (Å²) < 4.78 is 0.925. The Labute approximate surface area is 129 Å². The van der Waals surface area contributed by atoms with Crippen LogP contribution < -0.4 is 5.32 Å². The zero-order valence-corrected chi connectivity index (χ0v) is 13.1. The van der Waals surface area contributed by atoms with Gasteiger partial charge in [0.25, 0.3) is 5.91 Å². The fraction of sp³-hybridized carbons (Fsp3) is 0.133. The molecule has 2 N–H and O–H groups in total. The standard InChI is InChI=1S/C15H12BrNO2S/c1-10-7-11(3-2-6-18)4-5-13(10)17-15(19)12-8-14(16)20-9-12/h4-5,7-9,18H,6H2,1H3,(H,17,19). The van der Waals surface area contributed by atoms with E-state index >= 15 is 0 Å². The molecule has 3 nitrogen and oxygen atoms in total. The van der Waals surface area contributed by atoms with Gasteiger partial charge >= 0.3 is 0 Å². The van der Waals surface area contributed by atoms with Crippen LogP contribution in [0.1, 0.15) is 21.5 Å². The first kappa shape index (κ1) is 14.8. The zero-order valence-electron chi connectivity index (χ0n) is 10.7. The number of aliphatic hydroxyl groups excluding tert-OH is 1. The lowest BCUT2D eigenvalue weighted by Crippen LogP contribution is -2.11. The lowest BCUT2D eigenvalue weighted by atomic mass is 10.1. The van der Waals surface area contributed by atoms with E-state index in [0.717, 1.165) is 20.6 Å². The maximum Gasteiger partial charge on any atom is 0.256 e. The highest BCUT2D eigenvalue weighted by Crippen LogP contribution is 2.22. The summed E-state index contributed by atoms with van der Waals surface area (Å²) in [6, 6.07) is 7.29. The first-order valence-corrected chi connectivity index (χ1v) is 7.53. The van der Waals surface area contributed by atoms with Gasteiger partial charge in [-0.2, -0.15) is 0 Å². The van der Waals surface area contributed by atoms with Crippen LogP contribution in [0.4, 0.5) is 5.69 Å². The van der Waals surface area contributed by atoms with Crippen LogP contribution >= 0.6 is 27.3 Å². The average Bonchev–Trinajstić information content (AvgIpc) is 2.86. The highest BCUT2D eigenvalue weighted by molar-refractivity contribution is 9.11. The van der Waals surface area contributed by atoms with E-state index < -0.39 is 0 Å². The lowest BCUT2D eigenvalue weighted by Gasteiger charge is -2.07. The van der Waals surface area contributed by atoms with Gasteiger partial charge in [-0.25, -0.2) is 0 Å². The number of hydrogen-bond donors (Lipinski definition) is 2. The van der Waals surface area contributed by atoms with E-state index in [1.165, 1.54) is 11.3 Å². The summed E-state index contributed by atoms with van der Waals surface area (Å²) in [6.07, 6.45) is 0. The van der Waals surface area contributed by atoms with Gasteiger partial charge in [0.2, 0.25) is 0 Å². The SMILES string of the molecule is Cc1cc(C#CCO)ccc1NC(=O)c1csc(Br)c1. The third kappa shape index (κ3) is 3.70. The molecule has 0 bridgehead atoms. The van der Waals surface area contributed by atoms with Gasteiger partial charge in [0.1, 0.15) is 6.61 Å². The minimum Gasteiger partial charge on any atom is -0.384 e. The molecule has 0 aliphatic heterocycles. The van der Waals surface area contributed by atoms with Gasteiger partial charge in [0.05, 0.1) is 9.35 Å². The number of amides is 1. The maximum absolute atomic E-state index is 12.1. The molecule has 0 atom stereocenters. The van der Waals surface area contributed by atoms with Gasteiger partial charge in [0, 0.05) is 16.6 Å². The Bertz CT molecular complexity index is 697. The molecule has 2 rings (SSSR count). The highest BCUT2D eigenvalue weighted by atomic mass is 79.9. The second-order valence-electron chi connectivity index (χ2n) is 4.08. The van der Waals surface area contributed by atoms with Gasteiger partial charge in [0.15, 0.2) is 0 Å². The van der Waals surface area contributed by atoms with Gasteiger partial charge in [-0.1, -0.05) is 11.8 Å². The third-order valence-electron chi connectivity index (χ3n) is 2.62. The topological polar surface area (TPSA) is 49.3 Å². The normalized spacial score (nSPS) is 9.75. The average molecular weight is 350 g/mol. The summed E-state index contributed by atoms with van der Waals surface area (Å²) in [7, 11) is 0. The van der Waals surface area contributed by atoms with Crippen molar-refractivity contribution in [3.8, 4) is 11.8 Å². The number of hydrogen-bond acceptors (Lipinski definition) is 3. The van der Waals surface area contributed by atoms with Crippen molar-refractivity contribution in [1.29, 1.82) is 0 Å². The van der Waals surface area contributed by atoms with Crippen LogP contribution in [0.25, 0.3) is 0 Å². The Morgan fingerprint density at radius 3 is 2.85 bits per heavy atom. The van der Waals surface area contributed by atoms with Crippen molar-refractivity contribution in [1.82, 2.24) is 0 Å². The van der Waals surface area contributed by atoms with E-state index in [1.54, 1.807) is 11.4 Å². The monoisotopic (exact) mass is 349 g/mol. The number of benzene rings is 1. The molecule has 0 saturated heterocycles. The van der Waals surface area contributed by atoms with Crippen LogP contribution in [-0.4, -0.2) is 17.6 Å². The fourth-order valence-corrected chi connectivity index (χ4v) is 2.78. The number of anilines is 1. The molecule has 0 saturated carbocycles. The summed E-state index contributed by atoms with van der Waals surface area (Å²) in [5, 5.41) is 13.3. The number of carbonyl (C=O) groups is 1. The molecule has 0 aliphatic carbocycles. The summed E-state index contributed by atoms with van der Waals surface area (Å²) in [5.74, 6) is 5.29. The van der Waals surface area contributed by atoms with E-state index in [1.807, 2.05) is 25.1 Å². The first-order chi connectivity index (χ1) is 9.60. The number of aryl methyl sites for hydroxylation is 1. The van der Waals surface area contributed by atoms with Crippen LogP contribution in [0.5, 0.6) is 0 Å². The number of nitrogens with one attached hydrogen (secondary N) is 1. The molecule has 1 amide bonds. The van der Waals surface area contributed by atoms with Crippen molar-refractivity contribution >= 4 is 38.9 Å². The number of thiophene rings is 1. The molecule has 1 aromatic heterocycles. The molecular formula is C15H12BrNO2S. The van der Waals surface area contributed by atoms with Crippen LogP contribution in [-0.2, 0) is 0 Å². The molecule has 0 fully saturated rings. The molecular weight excluding hydrogens is 338 g/mol. The summed E-state index contributed by atoms with van der Waals surface area (Å²) in [6.45, 7) is 1.74. The van der Waals surface area contributed by atoms with Crippen molar-refractivity contribution in [2.75, 3.05) is 11.9 Å². The molecule has 20 heavy (non-hydrogen) atoms. The molecule has 0 aliphatic rings. The predicted octanol–water partition coefficient (Wildman–Crippen LogP) is 3.42. The van der Waals surface area contributed by atoms with E-state index in [9.17, 15) is 4.79 Å². The van der Waals surface area contributed by atoms with Crippen LogP contribution in [0, 0.1) is 18.8 Å². The summed E-state index contributed by atoms with van der Waals surface area (Å²) in [5.41, 5.74) is 3.13. The Kier molecular flexibility index (Phi) is 4.96. The number of halogens is 1. The second-order valence-corrected chi connectivity index (χ2v) is 6.37. The third-order valence-corrected chi connectivity index (χ3v) is 4.12. The van der Waals surface area contributed by atoms with Crippen LogP contribution in [0.3, 0.4) is 0 Å². The van der Waals surface area contributed by atoms with Crippen molar-refractivity contribution in [2.45, 2.75) is 6.92 Å². The largest absolute Gasteiger partial charge is 0.384 e. The van der Waals surface area contributed by atoms with Crippen molar-refractivity contribution in [3.63, 3.8) is 0 Å². The quantitative estimate of drug-likeness (QED) is 0.816. The first-order valence-electron chi connectivity index (χ1n) is 5.86. The molecule has 0 unspecified atom stereocenters. The van der Waals surface area contributed by atoms with Crippen molar-refractivity contribution in [2.24, 2.45) is 0 Å². The predicted molar refractivity (Wildman–Crippen MR) is 85.1 cm³/mol. The Morgan fingerprint density at radius 1 is 1.45 bits per heavy atom. The van der Waals surface area contributed by atoms with E-state index in [4.69, 9.17) is 5.11 Å². The highest BCUT2D eigenvalue weighted by Gasteiger charge is 2.09. The van der Waals surface area contributed by atoms with E-state index in [2.05, 4.69) is 33.1 Å². The number of aliphatic hydroxyl groups is 1. The number of carbonyl (C=O) groups excluding carboxylic acids is 1. The second kappa shape index (κ2) is 6.71. The molecule has 102 valence electrons. The lowest BCUT2D eigenvalue weighted by molar-refractivity contribution is 0.102. The fourth-order valence-electron chi connectivity index (χ4n) is 1.65. The minimum atomic E-state index is -0.162. The zero-order chi connectivity index (χ0) is 14.5. The molecule has 2 aromatic rings. The van der Waals surface area contributed by atoms with E-state index in [-0.39, 0.29) is 12.5 Å². The molecule has 1 heterocycles. The Hall–Kier alpha value is -1.61. The Balaban J connectivity index is 2.16. The molecule has 1 aromatic carbocycles. The van der Waals surface area contributed by atoms with Gasteiger partial charge < -0.3 is 10.4 Å². The smallest absolute Gasteiger partial charge is 0.256 e. The van der Waals surface area contributed by atoms with Gasteiger partial charge in [-0.05, 0) is 52.7 Å². The van der Waals surface area contributed by atoms with Crippen LogP contribution in [0.15, 0.2) is 33.4 Å². The van der Waals surface area contributed by atoms with E-state index in [0.29, 0.717) is 5.56 Å². The molecule has 0 spiro atoms. The number of rotatable bonds is 2. The molecule has 0 radical (unpaired) electrons. The van der Waals surface area contributed by atoms with Crippen molar-refractivity contribution < 1.29 is 9.90 Å². The van der Waals surface area contributed by atoms with Crippen LogP contribution in [0.2, 0.25) is 0 Å². The Morgan fingerprint density at radius 2 is 2.25 bits per heavy atom. The van der Waals surface area contributed by atoms with Gasteiger partial charge in [-0.3, -0.25) is 4.79 Å².